The summed E-state index contributed by atoms with van der Waals surface area (Å²) in [6.07, 6.45) is 11.6. The average Bonchev–Trinajstić information content (AvgIpc) is 4.43. The number of halogens is 1. The fourth-order valence-corrected chi connectivity index (χ4v) is 9.50. The van der Waals surface area contributed by atoms with Gasteiger partial charge in [0.15, 0.2) is 22.8 Å². The van der Waals surface area contributed by atoms with Gasteiger partial charge in [-0.3, -0.25) is 14.3 Å². The van der Waals surface area contributed by atoms with E-state index in [4.69, 9.17) is 38.2 Å². The minimum atomic E-state index is -1.37. The van der Waals surface area contributed by atoms with Gasteiger partial charge in [-0.2, -0.15) is 15.0 Å². The van der Waals surface area contributed by atoms with E-state index in [0.29, 0.717) is 136 Å². The van der Waals surface area contributed by atoms with E-state index < -0.39 is 18.2 Å². The van der Waals surface area contributed by atoms with Crippen LogP contribution < -0.4 is 45.6 Å². The maximum atomic E-state index is 15.2. The summed E-state index contributed by atoms with van der Waals surface area (Å²) in [6.45, 7) is 6.65. The molecule has 1 aromatic carbocycles. The molecule has 26 nitrogen and oxygen atoms in total. The fraction of sp³-hybridized carbons (Fsp3) is 0.558. The maximum absolute atomic E-state index is 15.2. The van der Waals surface area contributed by atoms with Crippen LogP contribution in [0.1, 0.15) is 49.4 Å². The Morgan fingerprint density at radius 2 is 1.62 bits per heavy atom. The van der Waals surface area contributed by atoms with Crippen molar-refractivity contribution in [1.82, 2.24) is 55.0 Å². The molecule has 3 aliphatic rings. The predicted octanol–water partition coefficient (Wildman–Crippen LogP) is 3.45. The number of rotatable bonds is 30. The lowest BCUT2D eigenvalue weighted by atomic mass is 10.0. The standard InChI is InChI=1S/C52H73FN16O10/c1-8-40-50(72)67(5)41-29-55-51(60-46(41)69(40)35-12-9-10-13-35)58-37-16-15-34(28-42(37)73-6)48(71)54-17-20-75-22-24-77-26-27-78-25-23-76-21-19-64(2)18-11-14-43(70)79-63-38-32-68(30-36(38)53)52-59-45(44-47(61-52)65(3)33-56-44)57-39-31-66(4)62-49(39)74-7/h11,14-16,28-29,31,33,35-36,38,40,63H,8-10,12-13,17-27,30,32H2,1-7H3,(H,54,71)(H,55,58,60)(H,57,59,61)/b14-11+/t36-,38?,40+/m1/s1. The number of nitrogens with zero attached hydrogens (tertiary/aromatic N) is 12. The number of carbonyl (C=O) groups excluding carboxylic acids is 3. The Hall–Kier alpha value is -7.30. The van der Waals surface area contributed by atoms with Crippen LogP contribution in [0.15, 0.2) is 49.1 Å². The summed E-state index contributed by atoms with van der Waals surface area (Å²) in [6, 6.07) is 4.27. The number of benzene rings is 1. The first-order chi connectivity index (χ1) is 38.3. The van der Waals surface area contributed by atoms with Gasteiger partial charge in [0, 0.05) is 65.0 Å². The second-order valence-electron chi connectivity index (χ2n) is 19.3. The molecule has 79 heavy (non-hydrogen) atoms. The second-order valence-corrected chi connectivity index (χ2v) is 19.3. The lowest BCUT2D eigenvalue weighted by molar-refractivity contribution is -0.147. The molecule has 4 aromatic heterocycles. The fourth-order valence-electron chi connectivity index (χ4n) is 9.50. The highest BCUT2D eigenvalue weighted by Gasteiger charge is 2.41. The maximum Gasteiger partial charge on any atom is 0.349 e. The Bertz CT molecular complexity index is 2870. The quantitative estimate of drug-likeness (QED) is 0.0291. The number of fused-ring (bicyclic) bond motifs is 2. The normalized spacial score (nSPS) is 17.6. The van der Waals surface area contributed by atoms with Crippen LogP contribution in [0.5, 0.6) is 11.6 Å². The van der Waals surface area contributed by atoms with Crippen LogP contribution in [-0.2, 0) is 47.5 Å². The molecule has 0 bridgehead atoms. The van der Waals surface area contributed by atoms with E-state index in [-0.39, 0.29) is 42.9 Å². The number of hydroxylamine groups is 1. The SMILES string of the molecule is CC[C@H]1C(=O)N(C)c2cnc(Nc3ccc(C(=O)NCCOCCOCCOCCOCCN(C)C/C=C/C(=O)ONC4CN(c5nc(Nc6cn(C)nc6OC)c6ncn(C)c6n5)C[C@H]4F)cc3OC)nc2N1C1CCCC1. The van der Waals surface area contributed by atoms with Crippen molar-refractivity contribution in [2.45, 2.75) is 63.3 Å². The molecule has 8 rings (SSSR count). The van der Waals surface area contributed by atoms with Gasteiger partial charge < -0.3 is 73.4 Å². The molecular formula is C52H73FN16O10. The molecule has 0 spiro atoms. The Morgan fingerprint density at radius 1 is 0.886 bits per heavy atom. The van der Waals surface area contributed by atoms with Crippen molar-refractivity contribution in [3.63, 3.8) is 0 Å². The van der Waals surface area contributed by atoms with Crippen LogP contribution in [0.4, 0.5) is 45.0 Å². The third-order valence-corrected chi connectivity index (χ3v) is 13.7. The minimum Gasteiger partial charge on any atom is -0.495 e. The Balaban J connectivity index is 0.632. The number of imidazole rings is 1. The molecule has 1 saturated carbocycles. The van der Waals surface area contributed by atoms with Crippen LogP contribution in [0.2, 0.25) is 0 Å². The number of methoxy groups -OCH3 is 2. The number of carbonyl (C=O) groups is 3. The number of amides is 2. The topological polar surface area (TPSA) is 264 Å². The highest BCUT2D eigenvalue weighted by atomic mass is 19.1. The number of alkyl halides is 1. The van der Waals surface area contributed by atoms with E-state index >= 15 is 4.39 Å². The number of nitrogens with one attached hydrogen (secondary N) is 4. The van der Waals surface area contributed by atoms with Gasteiger partial charge in [0.2, 0.25) is 17.8 Å². The molecule has 4 N–H and O–H groups in total. The molecule has 1 aliphatic carbocycles. The molecule has 0 radical (unpaired) electrons. The van der Waals surface area contributed by atoms with Crippen LogP contribution in [0.3, 0.4) is 0 Å². The number of hydrogen-bond donors (Lipinski definition) is 4. The van der Waals surface area contributed by atoms with Gasteiger partial charge in [0.1, 0.15) is 29.3 Å². The molecular weight excluding hydrogens is 1030 g/mol. The monoisotopic (exact) mass is 1100 g/mol. The number of anilines is 7. The summed E-state index contributed by atoms with van der Waals surface area (Å²) >= 11 is 0. The minimum absolute atomic E-state index is 0.0172. The molecule has 2 amide bonds. The zero-order chi connectivity index (χ0) is 55.8. The molecule has 428 valence electrons. The summed E-state index contributed by atoms with van der Waals surface area (Å²) in [5.74, 6) is 1.74. The second kappa shape index (κ2) is 28.0. The summed E-state index contributed by atoms with van der Waals surface area (Å²) < 4.78 is 52.1. The molecule has 2 aliphatic heterocycles. The van der Waals surface area contributed by atoms with Crippen LogP contribution in [0.25, 0.3) is 11.2 Å². The molecule has 27 heteroatoms. The van der Waals surface area contributed by atoms with E-state index in [0.717, 1.165) is 31.5 Å². The molecule has 6 heterocycles. The molecule has 1 saturated heterocycles. The van der Waals surface area contributed by atoms with E-state index in [1.165, 1.54) is 20.3 Å². The van der Waals surface area contributed by atoms with E-state index in [2.05, 4.69) is 51.4 Å². The van der Waals surface area contributed by atoms with Crippen molar-refractivity contribution in [1.29, 1.82) is 0 Å². The number of aromatic nitrogens is 8. The Labute approximate surface area is 458 Å². The van der Waals surface area contributed by atoms with Gasteiger partial charge in [0.25, 0.3) is 11.8 Å². The van der Waals surface area contributed by atoms with Gasteiger partial charge >= 0.3 is 5.97 Å². The van der Waals surface area contributed by atoms with Crippen molar-refractivity contribution < 1.29 is 52.0 Å². The summed E-state index contributed by atoms with van der Waals surface area (Å²) in [5.41, 5.74) is 5.92. The lowest BCUT2D eigenvalue weighted by Crippen LogP contribution is -2.55. The number of hydrogen-bond acceptors (Lipinski definition) is 22. The third kappa shape index (κ3) is 14.9. The van der Waals surface area contributed by atoms with E-state index in [1.807, 2.05) is 25.9 Å². The van der Waals surface area contributed by atoms with Crippen molar-refractivity contribution >= 4 is 69.5 Å². The third-order valence-electron chi connectivity index (χ3n) is 13.7. The van der Waals surface area contributed by atoms with Gasteiger partial charge in [-0.25, -0.2) is 19.2 Å². The van der Waals surface area contributed by atoms with Crippen LogP contribution >= 0.6 is 0 Å². The number of ether oxygens (including phenoxy) is 6. The van der Waals surface area contributed by atoms with Crippen LogP contribution in [-0.4, -0.2) is 200 Å². The Morgan fingerprint density at radius 3 is 2.34 bits per heavy atom. The van der Waals surface area contributed by atoms with Gasteiger partial charge in [-0.15, -0.1) is 10.6 Å². The largest absolute Gasteiger partial charge is 0.495 e. The van der Waals surface area contributed by atoms with Gasteiger partial charge in [-0.1, -0.05) is 25.8 Å². The van der Waals surface area contributed by atoms with Crippen LogP contribution in [0, 0.1) is 0 Å². The van der Waals surface area contributed by atoms with Crippen molar-refractivity contribution in [2.24, 2.45) is 14.1 Å². The number of aryl methyl sites for hydroxylation is 2. The van der Waals surface area contributed by atoms with Gasteiger partial charge in [-0.05, 0) is 44.5 Å². The molecule has 2 fully saturated rings. The summed E-state index contributed by atoms with van der Waals surface area (Å²) in [4.78, 5) is 74.6. The predicted molar refractivity (Wildman–Crippen MR) is 292 cm³/mol. The zero-order valence-corrected chi connectivity index (χ0v) is 46.0. The first-order valence-electron chi connectivity index (χ1n) is 26.6. The highest BCUT2D eigenvalue weighted by molar-refractivity contribution is 6.04. The number of likely N-dealkylation sites (N-methyl/N-ethyl adjacent to an activating group) is 2. The molecule has 5 aromatic rings. The average molecular weight is 1100 g/mol. The summed E-state index contributed by atoms with van der Waals surface area (Å²) in [5, 5.41) is 13.6. The molecule has 3 atom stereocenters. The van der Waals surface area contributed by atoms with E-state index in [9.17, 15) is 14.4 Å². The highest BCUT2D eigenvalue weighted by Crippen LogP contribution is 2.41. The smallest absolute Gasteiger partial charge is 0.349 e. The van der Waals surface area contributed by atoms with Crippen molar-refractivity contribution in [3.8, 4) is 11.6 Å². The summed E-state index contributed by atoms with van der Waals surface area (Å²) in [7, 11) is 10.3. The first-order valence-corrected chi connectivity index (χ1v) is 26.6. The zero-order valence-electron chi connectivity index (χ0n) is 46.0. The van der Waals surface area contributed by atoms with Crippen molar-refractivity contribution in [2.75, 3.05) is 139 Å². The Kier molecular flexibility index (Phi) is 20.5. The van der Waals surface area contributed by atoms with E-state index in [1.54, 1.807) is 76.1 Å². The first kappa shape index (κ1) is 57.9. The van der Waals surface area contributed by atoms with Gasteiger partial charge in [0.05, 0.1) is 104 Å². The lowest BCUT2D eigenvalue weighted by Gasteiger charge is -2.43. The van der Waals surface area contributed by atoms with Crippen molar-refractivity contribution in [3.05, 3.63) is 54.6 Å². The molecule has 1 unspecified atom stereocenters.